The number of nitrogens with zero attached hydrogens (tertiary/aromatic N) is 3. The lowest BCUT2D eigenvalue weighted by Gasteiger charge is -2.31. The fourth-order valence-corrected chi connectivity index (χ4v) is 3.72. The largest absolute Gasteiger partial charge is 0.341 e. The first-order chi connectivity index (χ1) is 12.1. The van der Waals surface area contributed by atoms with Gasteiger partial charge >= 0.3 is 6.03 Å². The zero-order chi connectivity index (χ0) is 17.8. The van der Waals surface area contributed by atoms with E-state index in [9.17, 15) is 9.59 Å². The van der Waals surface area contributed by atoms with Gasteiger partial charge in [0.25, 0.3) is 5.91 Å². The van der Waals surface area contributed by atoms with Crippen LogP contribution < -0.4 is 10.6 Å². The van der Waals surface area contributed by atoms with E-state index < -0.39 is 0 Å². The molecule has 25 heavy (non-hydrogen) atoms. The van der Waals surface area contributed by atoms with Crippen LogP contribution in [0.1, 0.15) is 33.6 Å². The second-order valence-electron chi connectivity index (χ2n) is 5.75. The van der Waals surface area contributed by atoms with Crippen LogP contribution in [0.15, 0.2) is 24.3 Å². The summed E-state index contributed by atoms with van der Waals surface area (Å²) in [6.45, 7) is 1.33. The average Bonchev–Trinajstić information content (AvgIpc) is 3.13. The van der Waals surface area contributed by atoms with Crippen molar-refractivity contribution < 1.29 is 9.59 Å². The normalized spacial score (nSPS) is 17.2. The highest BCUT2D eigenvalue weighted by Crippen LogP contribution is 2.29. The molecule has 2 aromatic rings. The summed E-state index contributed by atoms with van der Waals surface area (Å²) in [4.78, 5) is 25.9. The van der Waals surface area contributed by atoms with Gasteiger partial charge in [-0.15, -0.1) is 10.2 Å². The van der Waals surface area contributed by atoms with Gasteiger partial charge in [0.1, 0.15) is 5.01 Å². The highest BCUT2D eigenvalue weighted by atomic mass is 35.5. The van der Waals surface area contributed by atoms with E-state index in [-0.39, 0.29) is 17.9 Å². The van der Waals surface area contributed by atoms with Gasteiger partial charge in [-0.1, -0.05) is 22.9 Å². The molecular weight excluding hydrogens is 362 g/mol. The molecule has 1 aromatic heterocycles. The van der Waals surface area contributed by atoms with Crippen LogP contribution in [0, 0.1) is 0 Å². The van der Waals surface area contributed by atoms with Crippen molar-refractivity contribution in [2.75, 3.05) is 25.5 Å². The van der Waals surface area contributed by atoms with Crippen LogP contribution in [-0.2, 0) is 0 Å². The molecule has 2 heterocycles. The summed E-state index contributed by atoms with van der Waals surface area (Å²) in [5.41, 5.74) is 0.648. The van der Waals surface area contributed by atoms with Crippen molar-refractivity contribution in [1.29, 1.82) is 0 Å². The molecule has 0 saturated carbocycles. The summed E-state index contributed by atoms with van der Waals surface area (Å²) in [5.74, 6) is -0.189. The van der Waals surface area contributed by atoms with Gasteiger partial charge in [-0.2, -0.15) is 0 Å². The highest BCUT2D eigenvalue weighted by Gasteiger charge is 2.27. The molecule has 132 valence electrons. The number of halogens is 1. The maximum Gasteiger partial charge on any atom is 0.317 e. The summed E-state index contributed by atoms with van der Waals surface area (Å²) in [6, 6.07) is 6.78. The van der Waals surface area contributed by atoms with Gasteiger partial charge in [0.05, 0.1) is 0 Å². The quantitative estimate of drug-likeness (QED) is 0.858. The number of carbonyl (C=O) groups excluding carboxylic acids is 2. The lowest BCUT2D eigenvalue weighted by molar-refractivity contribution is 0.102. The minimum atomic E-state index is -0.301. The third-order valence-electron chi connectivity index (χ3n) is 4.01. The maximum absolute atomic E-state index is 12.3. The lowest BCUT2D eigenvalue weighted by Crippen LogP contribution is -2.43. The van der Waals surface area contributed by atoms with Crippen LogP contribution in [0.2, 0.25) is 5.02 Å². The average molecular weight is 380 g/mol. The Bertz CT molecular complexity index is 764. The number of carbonyl (C=O) groups is 2. The SMILES string of the molecule is CNC(=O)N1CCC[C@H](c2nnc(C(=O)Nc3ccc(Cl)cc3)s2)C1. The summed E-state index contributed by atoms with van der Waals surface area (Å²) in [7, 11) is 1.62. The number of rotatable bonds is 3. The topological polar surface area (TPSA) is 87.2 Å². The van der Waals surface area contributed by atoms with Crippen molar-refractivity contribution in [2.24, 2.45) is 0 Å². The van der Waals surface area contributed by atoms with Crippen LogP contribution in [0.5, 0.6) is 0 Å². The first kappa shape index (κ1) is 17.6. The molecule has 1 aliphatic heterocycles. The standard InChI is InChI=1S/C16H18ClN5O2S/c1-18-16(24)22-8-2-3-10(9-22)14-20-21-15(25-14)13(23)19-12-6-4-11(17)5-7-12/h4-7,10H,2-3,8-9H2,1H3,(H,18,24)(H,19,23)/t10-/m0/s1. The van der Waals surface area contributed by atoms with E-state index in [1.54, 1.807) is 36.2 Å². The van der Waals surface area contributed by atoms with Gasteiger partial charge < -0.3 is 15.5 Å². The van der Waals surface area contributed by atoms with Crippen LogP contribution in [0.25, 0.3) is 0 Å². The van der Waals surface area contributed by atoms with Crippen LogP contribution in [-0.4, -0.2) is 47.2 Å². The first-order valence-corrected chi connectivity index (χ1v) is 9.13. The molecule has 0 aliphatic carbocycles. The van der Waals surface area contributed by atoms with Crippen LogP contribution in [0.3, 0.4) is 0 Å². The van der Waals surface area contributed by atoms with E-state index in [0.29, 0.717) is 22.3 Å². The van der Waals surface area contributed by atoms with Gasteiger partial charge in [-0.3, -0.25) is 4.79 Å². The van der Waals surface area contributed by atoms with Crippen molar-refractivity contribution in [3.05, 3.63) is 39.3 Å². The molecule has 2 N–H and O–H groups in total. The third-order valence-corrected chi connectivity index (χ3v) is 5.35. The summed E-state index contributed by atoms with van der Waals surface area (Å²) >= 11 is 7.11. The van der Waals surface area contributed by atoms with E-state index >= 15 is 0 Å². The van der Waals surface area contributed by atoms with Gasteiger partial charge in [0.15, 0.2) is 0 Å². The van der Waals surface area contributed by atoms with E-state index in [2.05, 4.69) is 20.8 Å². The molecule has 9 heteroatoms. The Morgan fingerprint density at radius 1 is 1.28 bits per heavy atom. The molecule has 3 rings (SSSR count). The molecule has 0 bridgehead atoms. The van der Waals surface area contributed by atoms with Gasteiger partial charge in [0, 0.05) is 36.8 Å². The van der Waals surface area contributed by atoms with Crippen LogP contribution >= 0.6 is 22.9 Å². The maximum atomic E-state index is 12.3. The Morgan fingerprint density at radius 3 is 2.76 bits per heavy atom. The summed E-state index contributed by atoms with van der Waals surface area (Å²) in [5, 5.41) is 15.3. The Balaban J connectivity index is 1.66. The number of likely N-dealkylation sites (tertiary alicyclic amines) is 1. The number of anilines is 1. The minimum Gasteiger partial charge on any atom is -0.341 e. The smallest absolute Gasteiger partial charge is 0.317 e. The number of hydrogen-bond donors (Lipinski definition) is 2. The van der Waals surface area contributed by atoms with E-state index in [4.69, 9.17) is 11.6 Å². The molecule has 1 saturated heterocycles. The molecule has 1 atom stereocenters. The Hall–Kier alpha value is -2.19. The molecule has 3 amide bonds. The number of urea groups is 1. The number of piperidine rings is 1. The minimum absolute atomic E-state index is 0.0880. The second-order valence-corrected chi connectivity index (χ2v) is 7.19. The molecule has 0 spiro atoms. The van der Waals surface area contributed by atoms with E-state index in [0.717, 1.165) is 24.4 Å². The molecule has 1 aliphatic rings. The Labute approximate surface area is 154 Å². The Morgan fingerprint density at radius 2 is 2.04 bits per heavy atom. The third kappa shape index (κ3) is 4.26. The number of hydrogen-bond acceptors (Lipinski definition) is 5. The molecule has 0 radical (unpaired) electrons. The Kier molecular flexibility index (Phi) is 5.50. The predicted octanol–water partition coefficient (Wildman–Crippen LogP) is 2.96. The number of amides is 3. The van der Waals surface area contributed by atoms with E-state index in [1.807, 2.05) is 0 Å². The van der Waals surface area contributed by atoms with Gasteiger partial charge in [-0.05, 0) is 37.1 Å². The molecular formula is C16H18ClN5O2S. The second kappa shape index (κ2) is 7.79. The van der Waals surface area contributed by atoms with Crippen molar-refractivity contribution in [3.8, 4) is 0 Å². The monoisotopic (exact) mass is 379 g/mol. The predicted molar refractivity (Wildman–Crippen MR) is 97.3 cm³/mol. The van der Waals surface area contributed by atoms with Gasteiger partial charge in [-0.25, -0.2) is 4.79 Å². The lowest BCUT2D eigenvalue weighted by atomic mass is 9.99. The fourth-order valence-electron chi connectivity index (χ4n) is 2.73. The van der Waals surface area contributed by atoms with Crippen molar-refractivity contribution in [3.63, 3.8) is 0 Å². The van der Waals surface area contributed by atoms with Crippen LogP contribution in [0.4, 0.5) is 10.5 Å². The number of benzene rings is 1. The molecule has 7 nitrogen and oxygen atoms in total. The van der Waals surface area contributed by atoms with Crippen molar-refractivity contribution in [2.45, 2.75) is 18.8 Å². The van der Waals surface area contributed by atoms with E-state index in [1.165, 1.54) is 11.3 Å². The number of nitrogens with one attached hydrogen (secondary N) is 2. The fraction of sp³-hybridized carbons (Fsp3) is 0.375. The zero-order valence-corrected chi connectivity index (χ0v) is 15.2. The molecule has 1 fully saturated rings. The summed E-state index contributed by atoms with van der Waals surface area (Å²) < 4.78 is 0. The highest BCUT2D eigenvalue weighted by molar-refractivity contribution is 7.13. The first-order valence-electron chi connectivity index (χ1n) is 7.94. The van der Waals surface area contributed by atoms with Crippen molar-refractivity contribution in [1.82, 2.24) is 20.4 Å². The number of aromatic nitrogens is 2. The van der Waals surface area contributed by atoms with Gasteiger partial charge in [0.2, 0.25) is 5.01 Å². The zero-order valence-electron chi connectivity index (χ0n) is 13.7. The van der Waals surface area contributed by atoms with Crippen molar-refractivity contribution >= 4 is 40.6 Å². The molecule has 0 unspecified atom stereocenters. The summed E-state index contributed by atoms with van der Waals surface area (Å²) in [6.07, 6.45) is 1.84. The molecule has 1 aromatic carbocycles.